The molecule has 0 fully saturated rings. The van der Waals surface area contributed by atoms with Crippen LogP contribution in [0, 0.1) is 0 Å². The van der Waals surface area contributed by atoms with Gasteiger partial charge in [0.1, 0.15) is 5.76 Å². The van der Waals surface area contributed by atoms with Gasteiger partial charge in [0.25, 0.3) is 0 Å². The Morgan fingerprint density at radius 2 is 1.75 bits per heavy atom. The van der Waals surface area contributed by atoms with E-state index in [-0.39, 0.29) is 0 Å². The van der Waals surface area contributed by atoms with Crippen molar-refractivity contribution < 1.29 is 17.6 Å². The molecule has 0 saturated carbocycles. The molecule has 1 heterocycles. The topological polar surface area (TPSA) is 25.2 Å². The van der Waals surface area contributed by atoms with Crippen LogP contribution in [-0.4, -0.2) is 6.04 Å². The fourth-order valence-electron chi connectivity index (χ4n) is 1.87. The molecule has 2 nitrogen and oxygen atoms in total. The summed E-state index contributed by atoms with van der Waals surface area (Å²) in [5.74, 6) is 0.721. The van der Waals surface area contributed by atoms with Gasteiger partial charge in [-0.15, -0.1) is 0 Å². The molecule has 20 heavy (non-hydrogen) atoms. The van der Waals surface area contributed by atoms with Crippen LogP contribution in [0.5, 0.6) is 0 Å². The molecule has 108 valence electrons. The van der Waals surface area contributed by atoms with Crippen molar-refractivity contribution in [1.82, 2.24) is 5.32 Å². The van der Waals surface area contributed by atoms with E-state index in [1.807, 2.05) is 13.8 Å². The molecule has 1 N–H and O–H groups in total. The first-order valence-electron chi connectivity index (χ1n) is 6.35. The molecule has 1 aromatic carbocycles. The highest BCUT2D eigenvalue weighted by molar-refractivity contribution is 5.65. The Bertz CT molecular complexity index is 555. The van der Waals surface area contributed by atoms with E-state index in [9.17, 15) is 13.2 Å². The molecule has 0 amide bonds. The van der Waals surface area contributed by atoms with Crippen LogP contribution in [0.2, 0.25) is 0 Å². The summed E-state index contributed by atoms with van der Waals surface area (Å²) in [6, 6.07) is 7.17. The summed E-state index contributed by atoms with van der Waals surface area (Å²) in [7, 11) is 0. The number of halogens is 3. The van der Waals surface area contributed by atoms with E-state index in [1.54, 1.807) is 12.3 Å². The summed E-state index contributed by atoms with van der Waals surface area (Å²) < 4.78 is 42.9. The number of furan rings is 1. The normalized spacial score (nSPS) is 12.1. The predicted octanol–water partition coefficient (Wildman–Crippen LogP) is 4.46. The fraction of sp³-hybridized carbons (Fsp3) is 0.333. The molecule has 2 aromatic rings. The fourth-order valence-corrected chi connectivity index (χ4v) is 1.87. The molecule has 0 unspecified atom stereocenters. The third-order valence-corrected chi connectivity index (χ3v) is 2.94. The van der Waals surface area contributed by atoms with Gasteiger partial charge in [-0.05, 0) is 23.8 Å². The molecule has 5 heteroatoms. The molecule has 0 radical (unpaired) electrons. The smallest absolute Gasteiger partial charge is 0.416 e. The van der Waals surface area contributed by atoms with Gasteiger partial charge in [-0.1, -0.05) is 26.0 Å². The number of hydrogen-bond acceptors (Lipinski definition) is 2. The second kappa shape index (κ2) is 5.71. The monoisotopic (exact) mass is 283 g/mol. The predicted molar refractivity (Wildman–Crippen MR) is 71.1 cm³/mol. The highest BCUT2D eigenvalue weighted by atomic mass is 19.4. The second-order valence-corrected chi connectivity index (χ2v) is 4.87. The van der Waals surface area contributed by atoms with E-state index >= 15 is 0 Å². The third-order valence-electron chi connectivity index (χ3n) is 2.94. The SMILES string of the molecule is CC(C)NCc1occc1-c1ccc(C(F)(F)F)cc1. The first-order valence-corrected chi connectivity index (χ1v) is 6.35. The summed E-state index contributed by atoms with van der Waals surface area (Å²) >= 11 is 0. The minimum absolute atomic E-state index is 0.306. The number of alkyl halides is 3. The van der Waals surface area contributed by atoms with Crippen LogP contribution >= 0.6 is 0 Å². The number of hydrogen-bond donors (Lipinski definition) is 1. The quantitative estimate of drug-likeness (QED) is 0.896. The Kier molecular flexibility index (Phi) is 4.18. The van der Waals surface area contributed by atoms with Crippen LogP contribution in [0.3, 0.4) is 0 Å². The van der Waals surface area contributed by atoms with Crippen molar-refractivity contribution in [2.75, 3.05) is 0 Å². The second-order valence-electron chi connectivity index (χ2n) is 4.87. The number of rotatable bonds is 4. The van der Waals surface area contributed by atoms with Crippen molar-refractivity contribution in [2.45, 2.75) is 32.6 Å². The summed E-state index contributed by atoms with van der Waals surface area (Å²) in [4.78, 5) is 0. The summed E-state index contributed by atoms with van der Waals surface area (Å²) in [5.41, 5.74) is 0.880. The highest BCUT2D eigenvalue weighted by Crippen LogP contribution is 2.32. The highest BCUT2D eigenvalue weighted by Gasteiger charge is 2.30. The Labute approximate surface area is 115 Å². The molecular weight excluding hydrogens is 267 g/mol. The molecule has 0 aliphatic rings. The van der Waals surface area contributed by atoms with Crippen molar-refractivity contribution in [3.8, 4) is 11.1 Å². The van der Waals surface area contributed by atoms with E-state index < -0.39 is 11.7 Å². The van der Waals surface area contributed by atoms with Crippen molar-refractivity contribution in [3.63, 3.8) is 0 Å². The van der Waals surface area contributed by atoms with E-state index in [0.717, 1.165) is 23.5 Å². The van der Waals surface area contributed by atoms with E-state index in [2.05, 4.69) is 5.32 Å². The molecular formula is C15H16F3NO. The van der Waals surface area contributed by atoms with Gasteiger partial charge in [-0.3, -0.25) is 0 Å². The molecule has 2 rings (SSSR count). The van der Waals surface area contributed by atoms with Gasteiger partial charge < -0.3 is 9.73 Å². The molecule has 0 aliphatic carbocycles. The van der Waals surface area contributed by atoms with Gasteiger partial charge in [0.15, 0.2) is 0 Å². The maximum atomic E-state index is 12.5. The maximum Gasteiger partial charge on any atom is 0.416 e. The lowest BCUT2D eigenvalue weighted by Crippen LogP contribution is -2.21. The van der Waals surface area contributed by atoms with E-state index in [4.69, 9.17) is 4.42 Å². The van der Waals surface area contributed by atoms with Gasteiger partial charge in [0.05, 0.1) is 18.4 Å². The largest absolute Gasteiger partial charge is 0.467 e. The number of nitrogens with one attached hydrogen (secondary N) is 1. The van der Waals surface area contributed by atoms with Crippen molar-refractivity contribution in [2.24, 2.45) is 0 Å². The van der Waals surface area contributed by atoms with Crippen LogP contribution < -0.4 is 5.32 Å². The lowest BCUT2D eigenvalue weighted by atomic mass is 10.0. The van der Waals surface area contributed by atoms with Crippen LogP contribution in [0.25, 0.3) is 11.1 Å². The minimum atomic E-state index is -4.31. The molecule has 0 aliphatic heterocycles. The van der Waals surface area contributed by atoms with Crippen molar-refractivity contribution in [3.05, 3.63) is 47.9 Å². The first kappa shape index (κ1) is 14.7. The number of benzene rings is 1. The molecule has 0 bridgehead atoms. The zero-order valence-corrected chi connectivity index (χ0v) is 11.3. The van der Waals surface area contributed by atoms with Crippen LogP contribution in [-0.2, 0) is 12.7 Å². The Hall–Kier alpha value is -1.75. The van der Waals surface area contributed by atoms with Gasteiger partial charge in [0, 0.05) is 11.6 Å². The van der Waals surface area contributed by atoms with Crippen LogP contribution in [0.1, 0.15) is 25.2 Å². The van der Waals surface area contributed by atoms with Crippen molar-refractivity contribution >= 4 is 0 Å². The van der Waals surface area contributed by atoms with E-state index in [0.29, 0.717) is 18.2 Å². The molecule has 1 aromatic heterocycles. The standard InChI is InChI=1S/C15H16F3NO/c1-10(2)19-9-14-13(7-8-20-14)11-3-5-12(6-4-11)15(16,17)18/h3-8,10,19H,9H2,1-2H3. The van der Waals surface area contributed by atoms with E-state index in [1.165, 1.54) is 12.1 Å². The van der Waals surface area contributed by atoms with Gasteiger partial charge in [-0.25, -0.2) is 0 Å². The molecule has 0 atom stereocenters. The summed E-state index contributed by atoms with van der Waals surface area (Å²) in [6.07, 6.45) is -2.76. The Morgan fingerprint density at radius 3 is 2.30 bits per heavy atom. The van der Waals surface area contributed by atoms with Gasteiger partial charge >= 0.3 is 6.18 Å². The Balaban J connectivity index is 2.22. The molecule has 0 spiro atoms. The molecule has 0 saturated heterocycles. The zero-order valence-electron chi connectivity index (χ0n) is 11.3. The summed E-state index contributed by atoms with van der Waals surface area (Å²) in [5, 5.41) is 3.22. The van der Waals surface area contributed by atoms with Gasteiger partial charge in [-0.2, -0.15) is 13.2 Å². The first-order chi connectivity index (χ1) is 9.38. The van der Waals surface area contributed by atoms with Gasteiger partial charge in [0.2, 0.25) is 0 Å². The minimum Gasteiger partial charge on any atom is -0.467 e. The summed E-state index contributed by atoms with van der Waals surface area (Å²) in [6.45, 7) is 4.57. The third kappa shape index (κ3) is 3.42. The van der Waals surface area contributed by atoms with Crippen LogP contribution in [0.15, 0.2) is 41.0 Å². The average Bonchev–Trinajstić information content (AvgIpc) is 2.83. The lowest BCUT2D eigenvalue weighted by Gasteiger charge is -2.09. The average molecular weight is 283 g/mol. The Morgan fingerprint density at radius 1 is 1.10 bits per heavy atom. The van der Waals surface area contributed by atoms with Crippen LogP contribution in [0.4, 0.5) is 13.2 Å². The van der Waals surface area contributed by atoms with Crippen molar-refractivity contribution in [1.29, 1.82) is 0 Å². The zero-order chi connectivity index (χ0) is 14.8. The maximum absolute atomic E-state index is 12.5. The lowest BCUT2D eigenvalue weighted by molar-refractivity contribution is -0.137.